The number of carbonyl (C=O) groups is 6. The van der Waals surface area contributed by atoms with Crippen LogP contribution < -0.4 is 21.3 Å². The number of hydrogen-bond donors (Lipinski definition) is 5. The van der Waals surface area contributed by atoms with Crippen LogP contribution in [0.4, 0.5) is 0 Å². The summed E-state index contributed by atoms with van der Waals surface area (Å²) in [6, 6.07) is 4.69. The van der Waals surface area contributed by atoms with Gasteiger partial charge in [0, 0.05) is 19.6 Å². The predicted molar refractivity (Wildman–Crippen MR) is 155 cm³/mol. The molecule has 0 bridgehead atoms. The molecule has 1 aromatic rings. The fourth-order valence-corrected chi connectivity index (χ4v) is 4.67. The van der Waals surface area contributed by atoms with Gasteiger partial charge in [0.25, 0.3) is 0 Å². The van der Waals surface area contributed by atoms with Gasteiger partial charge in [0.2, 0.25) is 23.6 Å². The maximum Gasteiger partial charge on any atom is 0.305 e. The molecule has 0 aromatic heterocycles. The Balaban J connectivity index is 2.94. The van der Waals surface area contributed by atoms with Crippen molar-refractivity contribution < 1.29 is 42.3 Å². The number of nitrogens with one attached hydrogen (secondary N) is 4. The fraction of sp³-hybridized carbons (Fsp3) is 0.571. The highest BCUT2D eigenvalue weighted by Gasteiger charge is 2.32. The normalized spacial score (nSPS) is 14.1. The highest BCUT2D eigenvalue weighted by Crippen LogP contribution is 2.09. The molecule has 1 aromatic carbocycles. The van der Waals surface area contributed by atoms with Crippen molar-refractivity contribution in [3.63, 3.8) is 0 Å². The Kier molecular flexibility index (Phi) is 14.8. The lowest BCUT2D eigenvalue weighted by Crippen LogP contribution is -2.59. The van der Waals surface area contributed by atoms with Gasteiger partial charge in [-0.25, -0.2) is 8.42 Å². The van der Waals surface area contributed by atoms with Gasteiger partial charge in [-0.05, 0) is 37.7 Å². The molecule has 4 atom stereocenters. The Labute approximate surface area is 246 Å². The Bertz CT molecular complexity index is 1200. The minimum Gasteiger partial charge on any atom is -0.481 e. The number of Topliss-reactive ketones (excluding diaryl/α,β-unsaturated/α-hetero) is 1. The zero-order valence-electron chi connectivity index (χ0n) is 24.6. The van der Waals surface area contributed by atoms with Gasteiger partial charge in [-0.1, -0.05) is 44.2 Å². The molecule has 0 heterocycles. The van der Waals surface area contributed by atoms with Gasteiger partial charge < -0.3 is 26.4 Å². The topological polar surface area (TPSA) is 205 Å². The van der Waals surface area contributed by atoms with Crippen molar-refractivity contribution in [3.05, 3.63) is 35.9 Å². The van der Waals surface area contributed by atoms with Crippen LogP contribution in [0, 0.1) is 5.92 Å². The zero-order chi connectivity index (χ0) is 32.0. The minimum absolute atomic E-state index is 0.186. The first kappa shape index (κ1) is 36.2. The van der Waals surface area contributed by atoms with E-state index in [4.69, 9.17) is 5.11 Å². The van der Waals surface area contributed by atoms with Gasteiger partial charge in [-0.2, -0.15) is 0 Å². The molecular formula is C28H42N4O9S. The Morgan fingerprint density at radius 2 is 1.43 bits per heavy atom. The standard InChI is InChI=1S/C28H42N4O9S/c1-17(2)25(28(39)29-18(3)23(34)13-9-12-20-10-7-6-8-11-20)32-26(37)21(14-15-42(5,40)41)31-27(38)22(16-24(35)36)30-19(4)33/h6-8,10-11,17-18,21-22,25H,9,12-16H2,1-5H3,(H,29,39)(H,30,33)(H,31,38)(H,32,37)(H,35,36)/t18-,21-,22?,25?/m0/s1. The summed E-state index contributed by atoms with van der Waals surface area (Å²) in [5.41, 5.74) is 1.09. The number of hydrogen-bond acceptors (Lipinski definition) is 8. The summed E-state index contributed by atoms with van der Waals surface area (Å²) in [6.45, 7) is 5.93. The maximum atomic E-state index is 13.2. The highest BCUT2D eigenvalue weighted by molar-refractivity contribution is 7.90. The number of amides is 4. The summed E-state index contributed by atoms with van der Waals surface area (Å²) in [4.78, 5) is 74.3. The van der Waals surface area contributed by atoms with E-state index in [2.05, 4.69) is 21.3 Å². The van der Waals surface area contributed by atoms with Crippen molar-refractivity contribution in [2.45, 2.75) is 84.0 Å². The van der Waals surface area contributed by atoms with Crippen molar-refractivity contribution >= 4 is 45.2 Å². The van der Waals surface area contributed by atoms with Crippen LogP contribution in [0.25, 0.3) is 0 Å². The molecule has 0 saturated carbocycles. The third-order valence-electron chi connectivity index (χ3n) is 6.30. The lowest BCUT2D eigenvalue weighted by molar-refractivity contribution is -0.141. The maximum absolute atomic E-state index is 13.2. The molecule has 0 aliphatic rings. The van der Waals surface area contributed by atoms with Crippen LogP contribution in [0.1, 0.15) is 58.9 Å². The molecule has 0 radical (unpaired) electrons. The van der Waals surface area contributed by atoms with E-state index in [-0.39, 0.29) is 18.6 Å². The molecule has 14 heteroatoms. The molecule has 234 valence electrons. The number of benzene rings is 1. The van der Waals surface area contributed by atoms with Gasteiger partial charge in [0.1, 0.15) is 28.0 Å². The number of rotatable bonds is 18. The largest absolute Gasteiger partial charge is 0.481 e. The molecular weight excluding hydrogens is 568 g/mol. The number of carboxylic acids is 1. The van der Waals surface area contributed by atoms with E-state index in [1.807, 2.05) is 30.3 Å². The van der Waals surface area contributed by atoms with Crippen LogP contribution in [-0.4, -0.2) is 85.1 Å². The second-order valence-corrected chi connectivity index (χ2v) is 12.9. The summed E-state index contributed by atoms with van der Waals surface area (Å²) >= 11 is 0. The van der Waals surface area contributed by atoms with E-state index in [0.717, 1.165) is 18.7 Å². The minimum atomic E-state index is -3.57. The number of aryl methyl sites for hydroxylation is 1. The predicted octanol–water partition coefficient (Wildman–Crippen LogP) is 0.123. The molecule has 0 saturated heterocycles. The molecule has 4 amide bonds. The van der Waals surface area contributed by atoms with Gasteiger partial charge in [0.05, 0.1) is 18.2 Å². The van der Waals surface area contributed by atoms with Crippen LogP contribution in [0.5, 0.6) is 0 Å². The molecule has 2 unspecified atom stereocenters. The smallest absolute Gasteiger partial charge is 0.305 e. The van der Waals surface area contributed by atoms with Crippen LogP contribution >= 0.6 is 0 Å². The highest BCUT2D eigenvalue weighted by atomic mass is 32.2. The molecule has 5 N–H and O–H groups in total. The van der Waals surface area contributed by atoms with Crippen molar-refractivity contribution in [1.82, 2.24) is 21.3 Å². The van der Waals surface area contributed by atoms with Crippen molar-refractivity contribution in [2.24, 2.45) is 5.92 Å². The molecule has 42 heavy (non-hydrogen) atoms. The Morgan fingerprint density at radius 3 is 1.95 bits per heavy atom. The summed E-state index contributed by atoms with van der Waals surface area (Å²) in [5, 5.41) is 18.7. The average molecular weight is 611 g/mol. The first-order valence-corrected chi connectivity index (χ1v) is 15.7. The van der Waals surface area contributed by atoms with E-state index in [0.29, 0.717) is 12.8 Å². The third-order valence-corrected chi connectivity index (χ3v) is 7.28. The molecule has 1 rings (SSSR count). The first-order valence-electron chi connectivity index (χ1n) is 13.6. The van der Waals surface area contributed by atoms with E-state index in [1.165, 1.54) is 0 Å². The van der Waals surface area contributed by atoms with Crippen molar-refractivity contribution in [2.75, 3.05) is 12.0 Å². The third kappa shape index (κ3) is 14.2. The number of ketones is 1. The van der Waals surface area contributed by atoms with Crippen LogP contribution in [0.3, 0.4) is 0 Å². The molecule has 0 spiro atoms. The van der Waals surface area contributed by atoms with Crippen LogP contribution in [0.2, 0.25) is 0 Å². The second kappa shape index (κ2) is 17.2. The average Bonchev–Trinajstić information content (AvgIpc) is 2.88. The van der Waals surface area contributed by atoms with E-state index >= 15 is 0 Å². The summed E-state index contributed by atoms with van der Waals surface area (Å²) in [7, 11) is -3.57. The summed E-state index contributed by atoms with van der Waals surface area (Å²) in [6.07, 6.45) is 1.32. The summed E-state index contributed by atoms with van der Waals surface area (Å²) in [5.74, 6) is -5.76. The van der Waals surface area contributed by atoms with Crippen molar-refractivity contribution in [3.8, 4) is 0 Å². The molecule has 13 nitrogen and oxygen atoms in total. The molecule has 0 aliphatic carbocycles. The lowest BCUT2D eigenvalue weighted by Gasteiger charge is -2.27. The van der Waals surface area contributed by atoms with E-state index < -0.39 is 81.7 Å². The monoisotopic (exact) mass is 610 g/mol. The Morgan fingerprint density at radius 1 is 0.833 bits per heavy atom. The second-order valence-electron chi connectivity index (χ2n) is 10.6. The number of carboxylic acid groups (broad SMARTS) is 1. The summed E-state index contributed by atoms with van der Waals surface area (Å²) < 4.78 is 23.5. The first-order chi connectivity index (χ1) is 19.5. The molecule has 0 fully saturated rings. The number of sulfone groups is 1. The van der Waals surface area contributed by atoms with Crippen LogP contribution in [0.15, 0.2) is 30.3 Å². The lowest BCUT2D eigenvalue weighted by atomic mass is 10.0. The van der Waals surface area contributed by atoms with Gasteiger partial charge in [0.15, 0.2) is 5.78 Å². The quantitative estimate of drug-likeness (QED) is 0.153. The van der Waals surface area contributed by atoms with E-state index in [1.54, 1.807) is 20.8 Å². The van der Waals surface area contributed by atoms with Gasteiger partial charge in [-0.3, -0.25) is 28.8 Å². The SMILES string of the molecule is CC(=O)NC(CC(=O)O)C(=O)N[C@@H](CCS(C)(=O)=O)C(=O)NC(C(=O)N[C@@H](C)C(=O)CCCc1ccccc1)C(C)C. The number of carbonyl (C=O) groups excluding carboxylic acids is 5. The fourth-order valence-electron chi connectivity index (χ4n) is 4.00. The van der Waals surface area contributed by atoms with E-state index in [9.17, 15) is 37.2 Å². The van der Waals surface area contributed by atoms with Crippen molar-refractivity contribution in [1.29, 1.82) is 0 Å². The van der Waals surface area contributed by atoms with Gasteiger partial charge >= 0.3 is 5.97 Å². The molecule has 0 aliphatic heterocycles. The van der Waals surface area contributed by atoms with Gasteiger partial charge in [-0.15, -0.1) is 0 Å². The van der Waals surface area contributed by atoms with Crippen LogP contribution in [-0.2, 0) is 45.0 Å². The number of aliphatic carboxylic acids is 1. The Hall–Kier alpha value is -3.81. The zero-order valence-corrected chi connectivity index (χ0v) is 25.5.